The van der Waals surface area contributed by atoms with Gasteiger partial charge in [-0.15, -0.1) is 0 Å². The Hall–Kier alpha value is -2.37. The van der Waals surface area contributed by atoms with Crippen LogP contribution in [0.3, 0.4) is 0 Å². The number of nitrogens with zero attached hydrogens (tertiary/aromatic N) is 1. The summed E-state index contributed by atoms with van der Waals surface area (Å²) in [6.07, 6.45) is 4.29. The highest BCUT2D eigenvalue weighted by Gasteiger charge is 2.49. The van der Waals surface area contributed by atoms with Crippen molar-refractivity contribution in [3.05, 3.63) is 35.4 Å². The Kier molecular flexibility index (Phi) is 5.74. The molecule has 158 valence electrons. The van der Waals surface area contributed by atoms with Crippen LogP contribution in [0.5, 0.6) is 0 Å². The molecule has 2 aliphatic rings. The molecule has 1 aliphatic carbocycles. The summed E-state index contributed by atoms with van der Waals surface area (Å²) in [6.45, 7) is 10.0. The smallest absolute Gasteiger partial charge is 0.325 e. The molecule has 3 atom stereocenters. The third kappa shape index (κ3) is 4.31. The molecule has 0 spiro atoms. The highest BCUT2D eigenvalue weighted by Crippen LogP contribution is 2.38. The Morgan fingerprint density at radius 1 is 1.17 bits per heavy atom. The van der Waals surface area contributed by atoms with Crippen molar-refractivity contribution in [2.45, 2.75) is 71.9 Å². The molecule has 0 aromatic heterocycles. The Labute approximate surface area is 173 Å². The lowest BCUT2D eigenvalue weighted by atomic mass is 9.69. The first kappa shape index (κ1) is 21.3. The fourth-order valence-electron chi connectivity index (χ4n) is 4.66. The highest BCUT2D eigenvalue weighted by atomic mass is 16.2. The lowest BCUT2D eigenvalue weighted by Gasteiger charge is -2.40. The molecule has 0 bridgehead atoms. The van der Waals surface area contributed by atoms with Crippen molar-refractivity contribution < 1.29 is 14.4 Å². The molecule has 1 aromatic carbocycles. The van der Waals surface area contributed by atoms with Crippen LogP contribution in [0.1, 0.15) is 64.5 Å². The van der Waals surface area contributed by atoms with Gasteiger partial charge in [0.15, 0.2) is 0 Å². The minimum atomic E-state index is -1.15. The van der Waals surface area contributed by atoms with E-state index in [2.05, 4.69) is 31.4 Å². The fraction of sp³-hybridized carbons (Fsp3) is 0.609. The largest absolute Gasteiger partial charge is 0.352 e. The molecule has 6 heteroatoms. The van der Waals surface area contributed by atoms with Gasteiger partial charge in [0, 0.05) is 6.04 Å². The van der Waals surface area contributed by atoms with Crippen molar-refractivity contribution in [1.82, 2.24) is 15.5 Å². The van der Waals surface area contributed by atoms with Gasteiger partial charge < -0.3 is 10.6 Å². The van der Waals surface area contributed by atoms with Crippen molar-refractivity contribution in [2.24, 2.45) is 11.3 Å². The number of hydrogen-bond donors (Lipinski definition) is 2. The lowest BCUT2D eigenvalue weighted by molar-refractivity contribution is -0.135. The quantitative estimate of drug-likeness (QED) is 0.761. The van der Waals surface area contributed by atoms with E-state index < -0.39 is 17.5 Å². The Balaban J connectivity index is 1.69. The maximum atomic E-state index is 13.0. The maximum absolute atomic E-state index is 13.0. The van der Waals surface area contributed by atoms with Crippen LogP contribution in [0.4, 0.5) is 4.79 Å². The zero-order valence-corrected chi connectivity index (χ0v) is 18.2. The second kappa shape index (κ2) is 7.81. The molecule has 4 amide bonds. The number of hydrogen-bond acceptors (Lipinski definition) is 3. The summed E-state index contributed by atoms with van der Waals surface area (Å²) in [5.41, 5.74) is 0.739. The third-order valence-electron chi connectivity index (χ3n) is 6.43. The predicted molar refractivity (Wildman–Crippen MR) is 112 cm³/mol. The zero-order valence-electron chi connectivity index (χ0n) is 18.2. The van der Waals surface area contributed by atoms with Crippen molar-refractivity contribution in [1.29, 1.82) is 0 Å². The van der Waals surface area contributed by atoms with Gasteiger partial charge in [-0.25, -0.2) is 4.79 Å². The monoisotopic (exact) mass is 399 g/mol. The van der Waals surface area contributed by atoms with E-state index in [0.29, 0.717) is 11.5 Å². The number of imide groups is 1. The van der Waals surface area contributed by atoms with Gasteiger partial charge >= 0.3 is 6.03 Å². The van der Waals surface area contributed by atoms with Crippen molar-refractivity contribution in [3.63, 3.8) is 0 Å². The number of rotatable bonds is 4. The zero-order chi connectivity index (χ0) is 21.4. The first-order valence-corrected chi connectivity index (χ1v) is 10.5. The SMILES string of the molecule is Cc1ccc(C2(C)NC(=O)N(CC(=O)NC3CCCCC3C(C)(C)C)C2=O)cc1. The summed E-state index contributed by atoms with van der Waals surface area (Å²) >= 11 is 0. The maximum Gasteiger partial charge on any atom is 0.325 e. The van der Waals surface area contributed by atoms with Crippen LogP contribution in [0.25, 0.3) is 0 Å². The van der Waals surface area contributed by atoms with E-state index in [1.54, 1.807) is 6.92 Å². The minimum absolute atomic E-state index is 0.0838. The Morgan fingerprint density at radius 3 is 2.41 bits per heavy atom. The normalized spacial score (nSPS) is 27.7. The number of carbonyl (C=O) groups excluding carboxylic acids is 3. The van der Waals surface area contributed by atoms with Gasteiger partial charge in [-0.2, -0.15) is 0 Å². The predicted octanol–water partition coefficient (Wildman–Crippen LogP) is 3.48. The molecule has 6 nitrogen and oxygen atoms in total. The third-order valence-corrected chi connectivity index (χ3v) is 6.43. The molecule has 3 unspecified atom stereocenters. The van der Waals surface area contributed by atoms with Crippen molar-refractivity contribution >= 4 is 17.8 Å². The Bertz CT molecular complexity index is 797. The van der Waals surface area contributed by atoms with Crippen LogP contribution in [-0.4, -0.2) is 35.3 Å². The summed E-state index contributed by atoms with van der Waals surface area (Å²) in [4.78, 5) is 39.3. The van der Waals surface area contributed by atoms with Gasteiger partial charge in [-0.3, -0.25) is 14.5 Å². The summed E-state index contributed by atoms with van der Waals surface area (Å²) in [7, 11) is 0. The van der Waals surface area contributed by atoms with Gasteiger partial charge in [0.1, 0.15) is 12.1 Å². The van der Waals surface area contributed by atoms with Crippen LogP contribution < -0.4 is 10.6 Å². The topological polar surface area (TPSA) is 78.5 Å². The molecule has 1 saturated heterocycles. The van der Waals surface area contributed by atoms with Gasteiger partial charge in [-0.1, -0.05) is 63.4 Å². The average Bonchev–Trinajstić information content (AvgIpc) is 2.86. The fourth-order valence-corrected chi connectivity index (χ4v) is 4.66. The molecule has 0 radical (unpaired) electrons. The second-order valence-electron chi connectivity index (χ2n) is 9.74. The number of nitrogens with one attached hydrogen (secondary N) is 2. The minimum Gasteiger partial charge on any atom is -0.352 e. The van der Waals surface area contributed by atoms with Gasteiger partial charge in [0.25, 0.3) is 5.91 Å². The first-order chi connectivity index (χ1) is 13.5. The molecule has 1 aliphatic heterocycles. The summed E-state index contributed by atoms with van der Waals surface area (Å²) in [5, 5.41) is 5.87. The molecular weight excluding hydrogens is 366 g/mol. The average molecular weight is 400 g/mol. The van der Waals surface area contributed by atoms with Crippen LogP contribution >= 0.6 is 0 Å². The lowest BCUT2D eigenvalue weighted by Crippen LogP contribution is -2.50. The van der Waals surface area contributed by atoms with Crippen LogP contribution in [0.2, 0.25) is 0 Å². The molecular formula is C23H33N3O3. The van der Waals surface area contributed by atoms with E-state index in [0.717, 1.165) is 29.7 Å². The van der Waals surface area contributed by atoms with E-state index >= 15 is 0 Å². The van der Waals surface area contributed by atoms with Crippen molar-refractivity contribution in [2.75, 3.05) is 6.54 Å². The highest BCUT2D eigenvalue weighted by molar-refractivity contribution is 6.09. The van der Waals surface area contributed by atoms with Crippen LogP contribution in [0.15, 0.2) is 24.3 Å². The Morgan fingerprint density at radius 2 is 1.79 bits per heavy atom. The van der Waals surface area contributed by atoms with Crippen LogP contribution in [0, 0.1) is 18.3 Å². The summed E-state index contributed by atoms with van der Waals surface area (Å²) in [5.74, 6) is -0.276. The molecule has 1 heterocycles. The second-order valence-corrected chi connectivity index (χ2v) is 9.74. The van der Waals surface area contributed by atoms with E-state index in [9.17, 15) is 14.4 Å². The molecule has 1 aromatic rings. The summed E-state index contributed by atoms with van der Waals surface area (Å²) in [6, 6.07) is 7.06. The standard InChI is InChI=1S/C23H33N3O3/c1-15-10-12-16(13-11-15)23(5)20(28)26(21(29)25-23)14-19(27)24-18-9-7-6-8-17(18)22(2,3)4/h10-13,17-18H,6-9,14H2,1-5H3,(H,24,27)(H,25,29). The summed E-state index contributed by atoms with van der Waals surface area (Å²) < 4.78 is 0. The van der Waals surface area contributed by atoms with Gasteiger partial charge in [-0.05, 0) is 43.6 Å². The van der Waals surface area contributed by atoms with Crippen LogP contribution in [-0.2, 0) is 15.1 Å². The van der Waals surface area contributed by atoms with E-state index in [-0.39, 0.29) is 23.9 Å². The number of benzene rings is 1. The van der Waals surface area contributed by atoms with Gasteiger partial charge in [0.2, 0.25) is 5.91 Å². The van der Waals surface area contributed by atoms with E-state index in [1.807, 2.05) is 31.2 Å². The van der Waals surface area contributed by atoms with E-state index in [1.165, 1.54) is 6.42 Å². The first-order valence-electron chi connectivity index (χ1n) is 10.5. The molecule has 29 heavy (non-hydrogen) atoms. The number of aryl methyl sites for hydroxylation is 1. The molecule has 3 rings (SSSR count). The number of carbonyl (C=O) groups is 3. The molecule has 1 saturated carbocycles. The number of urea groups is 1. The molecule has 2 fully saturated rings. The molecule has 2 N–H and O–H groups in total. The van der Waals surface area contributed by atoms with Gasteiger partial charge in [0.05, 0.1) is 0 Å². The van der Waals surface area contributed by atoms with Crippen molar-refractivity contribution in [3.8, 4) is 0 Å². The number of amides is 4. The van der Waals surface area contributed by atoms with E-state index in [4.69, 9.17) is 0 Å².